The molecule has 0 unspecified atom stereocenters. The van der Waals surface area contributed by atoms with E-state index < -0.39 is 0 Å². The van der Waals surface area contributed by atoms with Crippen molar-refractivity contribution in [3.05, 3.63) is 58.5 Å². The Morgan fingerprint density at radius 3 is 2.61 bits per heavy atom. The summed E-state index contributed by atoms with van der Waals surface area (Å²) in [4.78, 5) is 0. The molecule has 2 N–H and O–H groups in total. The summed E-state index contributed by atoms with van der Waals surface area (Å²) < 4.78 is 3.00. The standard InChI is InChI=1S/C13H11BrN4/c14-10-3-1-9(2-4-10)7-13-17-16-12-6-5-11(15)8-18(12)13/h1-6,8H,7,15H2. The number of hydrogen-bond acceptors (Lipinski definition) is 3. The molecule has 5 heteroatoms. The van der Waals surface area contributed by atoms with E-state index in [2.05, 4.69) is 38.3 Å². The Kier molecular flexibility index (Phi) is 2.76. The van der Waals surface area contributed by atoms with E-state index in [0.29, 0.717) is 5.69 Å². The summed E-state index contributed by atoms with van der Waals surface area (Å²) in [5.41, 5.74) is 8.50. The third-order valence-corrected chi connectivity index (χ3v) is 3.30. The maximum Gasteiger partial charge on any atom is 0.160 e. The molecule has 3 aromatic rings. The van der Waals surface area contributed by atoms with Gasteiger partial charge in [0.2, 0.25) is 0 Å². The van der Waals surface area contributed by atoms with Gasteiger partial charge in [-0.3, -0.25) is 4.40 Å². The van der Waals surface area contributed by atoms with Gasteiger partial charge in [0.25, 0.3) is 0 Å². The van der Waals surface area contributed by atoms with E-state index in [1.54, 1.807) is 0 Å². The monoisotopic (exact) mass is 302 g/mol. The number of halogens is 1. The van der Waals surface area contributed by atoms with E-state index >= 15 is 0 Å². The van der Waals surface area contributed by atoms with E-state index in [0.717, 1.165) is 22.4 Å². The third kappa shape index (κ3) is 2.09. The summed E-state index contributed by atoms with van der Waals surface area (Å²) in [5, 5.41) is 8.32. The fourth-order valence-electron chi connectivity index (χ4n) is 1.86. The Morgan fingerprint density at radius 2 is 1.83 bits per heavy atom. The molecule has 0 spiro atoms. The van der Waals surface area contributed by atoms with Crippen LogP contribution in [0.5, 0.6) is 0 Å². The van der Waals surface area contributed by atoms with Crippen molar-refractivity contribution < 1.29 is 0 Å². The smallest absolute Gasteiger partial charge is 0.160 e. The van der Waals surface area contributed by atoms with Crippen LogP contribution in [0.15, 0.2) is 47.1 Å². The second-order valence-electron chi connectivity index (χ2n) is 4.11. The predicted octanol–water partition coefficient (Wildman–Crippen LogP) is 2.66. The molecule has 4 nitrogen and oxygen atoms in total. The minimum absolute atomic E-state index is 0.708. The van der Waals surface area contributed by atoms with Gasteiger partial charge in [-0.05, 0) is 29.8 Å². The number of anilines is 1. The molecule has 0 saturated carbocycles. The molecule has 1 aromatic carbocycles. The molecule has 0 amide bonds. The van der Waals surface area contributed by atoms with Crippen molar-refractivity contribution in [2.24, 2.45) is 0 Å². The lowest BCUT2D eigenvalue weighted by Gasteiger charge is -2.01. The van der Waals surface area contributed by atoms with Gasteiger partial charge < -0.3 is 5.73 Å². The first-order valence-corrected chi connectivity index (χ1v) is 6.35. The Labute approximate surface area is 113 Å². The van der Waals surface area contributed by atoms with Crippen LogP contribution in [0.4, 0.5) is 5.69 Å². The van der Waals surface area contributed by atoms with Crippen LogP contribution in [0.1, 0.15) is 11.4 Å². The quantitative estimate of drug-likeness (QED) is 0.792. The number of nitrogens with two attached hydrogens (primary N) is 1. The molecule has 18 heavy (non-hydrogen) atoms. The summed E-state index contributed by atoms with van der Waals surface area (Å²) >= 11 is 3.42. The van der Waals surface area contributed by atoms with Gasteiger partial charge in [-0.2, -0.15) is 0 Å². The zero-order valence-electron chi connectivity index (χ0n) is 9.55. The highest BCUT2D eigenvalue weighted by atomic mass is 79.9. The maximum atomic E-state index is 5.78. The van der Waals surface area contributed by atoms with Gasteiger partial charge >= 0.3 is 0 Å². The largest absolute Gasteiger partial charge is 0.398 e. The molecule has 3 rings (SSSR count). The summed E-state index contributed by atoms with van der Waals surface area (Å²) in [6.45, 7) is 0. The average molecular weight is 303 g/mol. The van der Waals surface area contributed by atoms with Crippen molar-refractivity contribution >= 4 is 27.3 Å². The summed E-state index contributed by atoms with van der Waals surface area (Å²) in [6.07, 6.45) is 2.58. The second-order valence-corrected chi connectivity index (χ2v) is 5.03. The van der Waals surface area contributed by atoms with E-state index in [1.165, 1.54) is 5.56 Å². The van der Waals surface area contributed by atoms with Gasteiger partial charge in [0.05, 0.1) is 0 Å². The fourth-order valence-corrected chi connectivity index (χ4v) is 2.12. The lowest BCUT2D eigenvalue weighted by atomic mass is 10.1. The van der Waals surface area contributed by atoms with Crippen molar-refractivity contribution in [3.8, 4) is 0 Å². The topological polar surface area (TPSA) is 56.2 Å². The number of pyridine rings is 1. The van der Waals surface area contributed by atoms with E-state index in [1.807, 2.05) is 34.9 Å². The molecule has 0 aliphatic rings. The maximum absolute atomic E-state index is 5.78. The van der Waals surface area contributed by atoms with Gasteiger partial charge in [0.15, 0.2) is 5.65 Å². The minimum atomic E-state index is 0.708. The molecular formula is C13H11BrN4. The molecule has 2 aromatic heterocycles. The Balaban J connectivity index is 1.99. The summed E-state index contributed by atoms with van der Waals surface area (Å²) in [7, 11) is 0. The van der Waals surface area contributed by atoms with Gasteiger partial charge in [-0.25, -0.2) is 0 Å². The number of aromatic nitrogens is 3. The van der Waals surface area contributed by atoms with Crippen LogP contribution in [-0.4, -0.2) is 14.6 Å². The van der Waals surface area contributed by atoms with Crippen LogP contribution in [0.2, 0.25) is 0 Å². The number of hydrogen-bond donors (Lipinski definition) is 1. The van der Waals surface area contributed by atoms with Crippen molar-refractivity contribution in [1.29, 1.82) is 0 Å². The van der Waals surface area contributed by atoms with Gasteiger partial charge in [0, 0.05) is 22.8 Å². The zero-order chi connectivity index (χ0) is 12.5. The molecule has 0 aliphatic carbocycles. The number of benzene rings is 1. The van der Waals surface area contributed by atoms with Crippen molar-refractivity contribution in [3.63, 3.8) is 0 Å². The SMILES string of the molecule is Nc1ccc2nnc(Cc3ccc(Br)cc3)n2c1. The third-order valence-electron chi connectivity index (χ3n) is 2.77. The van der Waals surface area contributed by atoms with Crippen LogP contribution >= 0.6 is 15.9 Å². The highest BCUT2D eigenvalue weighted by Crippen LogP contribution is 2.15. The molecule has 0 bridgehead atoms. The summed E-state index contributed by atoms with van der Waals surface area (Å²) in [6, 6.07) is 11.9. The molecular weight excluding hydrogens is 292 g/mol. The van der Waals surface area contributed by atoms with Crippen LogP contribution in [0.25, 0.3) is 5.65 Å². The van der Waals surface area contributed by atoms with Crippen molar-refractivity contribution in [2.75, 3.05) is 5.73 Å². The van der Waals surface area contributed by atoms with Gasteiger partial charge in [-0.15, -0.1) is 10.2 Å². The molecule has 0 atom stereocenters. The number of nitrogen functional groups attached to an aromatic ring is 1. The van der Waals surface area contributed by atoms with Crippen LogP contribution in [0.3, 0.4) is 0 Å². The van der Waals surface area contributed by atoms with Gasteiger partial charge in [0.1, 0.15) is 5.82 Å². The zero-order valence-corrected chi connectivity index (χ0v) is 11.1. The van der Waals surface area contributed by atoms with Crippen LogP contribution in [0, 0.1) is 0 Å². The molecule has 90 valence electrons. The molecule has 0 saturated heterocycles. The lowest BCUT2D eigenvalue weighted by Crippen LogP contribution is -1.97. The van der Waals surface area contributed by atoms with E-state index in [4.69, 9.17) is 5.73 Å². The highest BCUT2D eigenvalue weighted by Gasteiger charge is 2.06. The van der Waals surface area contributed by atoms with E-state index in [9.17, 15) is 0 Å². The van der Waals surface area contributed by atoms with Crippen LogP contribution in [-0.2, 0) is 6.42 Å². The predicted molar refractivity (Wildman–Crippen MR) is 74.3 cm³/mol. The Hall–Kier alpha value is -1.88. The lowest BCUT2D eigenvalue weighted by molar-refractivity contribution is 0.935. The normalized spacial score (nSPS) is 10.9. The van der Waals surface area contributed by atoms with Crippen molar-refractivity contribution in [1.82, 2.24) is 14.6 Å². The number of nitrogens with zero attached hydrogens (tertiary/aromatic N) is 3. The highest BCUT2D eigenvalue weighted by molar-refractivity contribution is 9.10. The summed E-state index contributed by atoms with van der Waals surface area (Å²) in [5.74, 6) is 0.889. The van der Waals surface area contributed by atoms with Crippen LogP contribution < -0.4 is 5.73 Å². The number of rotatable bonds is 2. The van der Waals surface area contributed by atoms with E-state index in [-0.39, 0.29) is 0 Å². The van der Waals surface area contributed by atoms with Crippen molar-refractivity contribution in [2.45, 2.75) is 6.42 Å². The Morgan fingerprint density at radius 1 is 1.06 bits per heavy atom. The first kappa shape index (κ1) is 11.2. The second kappa shape index (κ2) is 4.42. The Bertz CT molecular complexity index is 688. The minimum Gasteiger partial charge on any atom is -0.398 e. The fraction of sp³-hybridized carbons (Fsp3) is 0.0769. The molecule has 2 heterocycles. The van der Waals surface area contributed by atoms with Gasteiger partial charge in [-0.1, -0.05) is 28.1 Å². The molecule has 0 aliphatic heterocycles. The first-order valence-electron chi connectivity index (χ1n) is 5.56. The number of fused-ring (bicyclic) bond motifs is 1. The average Bonchev–Trinajstić information content (AvgIpc) is 2.75. The molecule has 0 radical (unpaired) electrons. The first-order chi connectivity index (χ1) is 8.72. The molecule has 0 fully saturated rings.